The van der Waals surface area contributed by atoms with Crippen LogP contribution < -0.4 is 0 Å². The minimum Gasteiger partial charge on any atom is -0.331 e. The number of rotatable bonds is 4. The van der Waals surface area contributed by atoms with Crippen molar-refractivity contribution in [2.75, 3.05) is 0 Å². The summed E-state index contributed by atoms with van der Waals surface area (Å²) in [5, 5.41) is 2.23. The zero-order valence-electron chi connectivity index (χ0n) is 15.5. The van der Waals surface area contributed by atoms with E-state index < -0.39 is 0 Å². The van der Waals surface area contributed by atoms with Gasteiger partial charge < -0.3 is 4.57 Å². The molecule has 1 saturated carbocycles. The van der Waals surface area contributed by atoms with Crippen molar-refractivity contribution in [3.8, 4) is 11.3 Å². The highest BCUT2D eigenvalue weighted by atomic mass is 16.1. The van der Waals surface area contributed by atoms with Crippen molar-refractivity contribution in [3.05, 3.63) is 48.2 Å². The van der Waals surface area contributed by atoms with Gasteiger partial charge in [0.1, 0.15) is 11.6 Å². The first-order valence-electron chi connectivity index (χ1n) is 9.52. The Balaban J connectivity index is 1.61. The lowest BCUT2D eigenvalue weighted by Gasteiger charge is -2.20. The molecule has 0 radical (unpaired) electrons. The summed E-state index contributed by atoms with van der Waals surface area (Å²) in [5.74, 6) is 1.59. The molecule has 1 aromatic carbocycles. The van der Waals surface area contributed by atoms with Crippen molar-refractivity contribution in [2.45, 2.75) is 45.4 Å². The van der Waals surface area contributed by atoms with Crippen LogP contribution in [0.4, 0.5) is 0 Å². The molecule has 2 heterocycles. The molecule has 0 saturated heterocycles. The Bertz CT molecular complexity index is 951. The lowest BCUT2D eigenvalue weighted by atomic mass is 9.85. The second-order valence-electron chi connectivity index (χ2n) is 7.47. The molecule has 0 bridgehead atoms. The van der Waals surface area contributed by atoms with E-state index in [1.807, 2.05) is 26.4 Å². The van der Waals surface area contributed by atoms with E-state index >= 15 is 0 Å². The maximum absolute atomic E-state index is 12.6. The van der Waals surface area contributed by atoms with Gasteiger partial charge in [-0.25, -0.2) is 4.98 Å². The normalized spacial score (nSPS) is 15.5. The van der Waals surface area contributed by atoms with E-state index in [9.17, 15) is 4.79 Å². The van der Waals surface area contributed by atoms with Crippen molar-refractivity contribution < 1.29 is 4.79 Å². The van der Waals surface area contributed by atoms with Crippen molar-refractivity contribution in [1.82, 2.24) is 14.5 Å². The molecule has 1 aliphatic rings. The Labute approximate surface area is 154 Å². The molecule has 2 aromatic heterocycles. The first-order valence-corrected chi connectivity index (χ1v) is 9.52. The predicted octanol–water partition coefficient (Wildman–Crippen LogP) is 4.64. The highest BCUT2D eigenvalue weighted by molar-refractivity contribution is 5.88. The zero-order valence-corrected chi connectivity index (χ0v) is 15.5. The van der Waals surface area contributed by atoms with Gasteiger partial charge in [-0.1, -0.05) is 31.4 Å². The van der Waals surface area contributed by atoms with Gasteiger partial charge in [0, 0.05) is 42.2 Å². The van der Waals surface area contributed by atoms with Gasteiger partial charge in [0.05, 0.1) is 11.9 Å². The van der Waals surface area contributed by atoms with Crippen LogP contribution in [0.25, 0.3) is 22.0 Å². The maximum atomic E-state index is 12.6. The number of ketones is 1. The van der Waals surface area contributed by atoms with Crippen molar-refractivity contribution >= 4 is 16.6 Å². The van der Waals surface area contributed by atoms with E-state index in [0.717, 1.165) is 46.4 Å². The van der Waals surface area contributed by atoms with E-state index in [4.69, 9.17) is 0 Å². The molecule has 3 aromatic rings. The van der Waals surface area contributed by atoms with Gasteiger partial charge in [0.2, 0.25) is 0 Å². The molecule has 1 aliphatic carbocycles. The Morgan fingerprint density at radius 1 is 1.08 bits per heavy atom. The third-order valence-electron chi connectivity index (χ3n) is 5.71. The lowest BCUT2D eigenvalue weighted by Crippen LogP contribution is -2.19. The van der Waals surface area contributed by atoms with Gasteiger partial charge in [-0.05, 0) is 37.3 Å². The molecule has 134 valence electrons. The number of aromatic nitrogens is 3. The summed E-state index contributed by atoms with van der Waals surface area (Å²) in [6.45, 7) is 2.00. The van der Waals surface area contributed by atoms with Gasteiger partial charge in [0.15, 0.2) is 0 Å². The fourth-order valence-corrected chi connectivity index (χ4v) is 3.96. The number of carbonyl (C=O) groups is 1. The molecule has 1 fully saturated rings. The first-order chi connectivity index (χ1) is 12.6. The van der Waals surface area contributed by atoms with E-state index in [-0.39, 0.29) is 5.92 Å². The summed E-state index contributed by atoms with van der Waals surface area (Å²) in [7, 11) is 2.03. The monoisotopic (exact) mass is 347 g/mol. The molecule has 0 spiro atoms. The molecule has 4 rings (SSSR count). The summed E-state index contributed by atoms with van der Waals surface area (Å²) in [4.78, 5) is 21.5. The number of Topliss-reactive ketones (excluding diaryl/α,β-unsaturated/α-hetero) is 1. The minimum absolute atomic E-state index is 0.241. The van der Waals surface area contributed by atoms with E-state index in [2.05, 4.69) is 38.8 Å². The van der Waals surface area contributed by atoms with Crippen LogP contribution in [0.3, 0.4) is 0 Å². The number of benzene rings is 1. The largest absolute Gasteiger partial charge is 0.331 e. The molecule has 0 N–H and O–H groups in total. The van der Waals surface area contributed by atoms with Crippen LogP contribution in [0.5, 0.6) is 0 Å². The quantitative estimate of drug-likeness (QED) is 0.691. The molecule has 0 aliphatic heterocycles. The third kappa shape index (κ3) is 3.28. The molecule has 4 heteroatoms. The van der Waals surface area contributed by atoms with Gasteiger partial charge in [-0.2, -0.15) is 0 Å². The Hall–Kier alpha value is -2.49. The standard InChI is InChI=1S/C22H25N3O/c1-15-23-14-21(25(15)2)17-8-9-18-13-24-20(11-19(18)10-17)12-22(26)16-6-4-3-5-7-16/h8-11,13-14,16H,3-7,12H2,1-2H3. The number of nitrogens with zero attached hydrogens (tertiary/aromatic N) is 3. The van der Waals surface area contributed by atoms with Crippen molar-refractivity contribution in [2.24, 2.45) is 13.0 Å². The molecule has 4 nitrogen and oxygen atoms in total. The minimum atomic E-state index is 0.241. The molecule has 0 atom stereocenters. The van der Waals surface area contributed by atoms with Crippen LogP contribution in [0.2, 0.25) is 0 Å². The van der Waals surface area contributed by atoms with E-state index in [0.29, 0.717) is 12.2 Å². The van der Waals surface area contributed by atoms with E-state index in [1.165, 1.54) is 19.3 Å². The fourth-order valence-electron chi connectivity index (χ4n) is 3.96. The number of carbonyl (C=O) groups excluding carboxylic acids is 1. The molecule has 0 amide bonds. The number of pyridine rings is 1. The fraction of sp³-hybridized carbons (Fsp3) is 0.409. The van der Waals surface area contributed by atoms with E-state index in [1.54, 1.807) is 0 Å². The SMILES string of the molecule is Cc1ncc(-c2ccc3cnc(CC(=O)C4CCCCC4)cc3c2)n1C. The average molecular weight is 347 g/mol. The van der Waals surface area contributed by atoms with Gasteiger partial charge in [-0.15, -0.1) is 0 Å². The zero-order chi connectivity index (χ0) is 18.1. The van der Waals surface area contributed by atoms with Gasteiger partial charge in [0.25, 0.3) is 0 Å². The lowest BCUT2D eigenvalue weighted by molar-refractivity contribution is -0.123. The van der Waals surface area contributed by atoms with Crippen LogP contribution in [-0.2, 0) is 18.3 Å². The Kier molecular flexibility index (Phi) is 4.58. The molecule has 26 heavy (non-hydrogen) atoms. The maximum Gasteiger partial charge on any atom is 0.141 e. The summed E-state index contributed by atoms with van der Waals surface area (Å²) in [6.07, 6.45) is 10.0. The Morgan fingerprint density at radius 3 is 2.62 bits per heavy atom. The van der Waals surface area contributed by atoms with Gasteiger partial charge >= 0.3 is 0 Å². The predicted molar refractivity (Wildman–Crippen MR) is 104 cm³/mol. The number of hydrogen-bond acceptors (Lipinski definition) is 3. The highest BCUT2D eigenvalue weighted by Gasteiger charge is 2.21. The molecular weight excluding hydrogens is 322 g/mol. The summed E-state index contributed by atoms with van der Waals surface area (Å²) in [6, 6.07) is 8.44. The van der Waals surface area contributed by atoms with Crippen LogP contribution in [0.15, 0.2) is 36.7 Å². The Morgan fingerprint density at radius 2 is 1.88 bits per heavy atom. The smallest absolute Gasteiger partial charge is 0.141 e. The summed E-state index contributed by atoms with van der Waals surface area (Å²) in [5.41, 5.74) is 3.11. The topological polar surface area (TPSA) is 47.8 Å². The van der Waals surface area contributed by atoms with Crippen molar-refractivity contribution in [1.29, 1.82) is 0 Å². The summed E-state index contributed by atoms with van der Waals surface area (Å²) >= 11 is 0. The van der Waals surface area contributed by atoms with Crippen molar-refractivity contribution in [3.63, 3.8) is 0 Å². The third-order valence-corrected chi connectivity index (χ3v) is 5.71. The van der Waals surface area contributed by atoms with Crippen LogP contribution in [-0.4, -0.2) is 20.3 Å². The number of hydrogen-bond donors (Lipinski definition) is 0. The van der Waals surface area contributed by atoms with Gasteiger partial charge in [-0.3, -0.25) is 9.78 Å². The number of aryl methyl sites for hydroxylation is 1. The summed E-state index contributed by atoms with van der Waals surface area (Å²) < 4.78 is 2.09. The molecular formula is C22H25N3O. The second-order valence-corrected chi connectivity index (χ2v) is 7.47. The average Bonchev–Trinajstić information content (AvgIpc) is 3.00. The first kappa shape index (κ1) is 17.0. The number of fused-ring (bicyclic) bond motifs is 1. The molecule has 0 unspecified atom stereocenters. The number of imidazole rings is 1. The van der Waals surface area contributed by atoms with Crippen LogP contribution in [0.1, 0.15) is 43.6 Å². The van der Waals surface area contributed by atoms with Crippen LogP contribution in [0, 0.1) is 12.8 Å². The van der Waals surface area contributed by atoms with Crippen LogP contribution >= 0.6 is 0 Å². The second kappa shape index (κ2) is 7.02. The highest BCUT2D eigenvalue weighted by Crippen LogP contribution is 2.27.